The topological polar surface area (TPSA) is 37.4 Å². The molecule has 2 aromatic rings. The standard InChI is InChI=1S/C25H35NO2S/c1-17(2)22-14-23(18(3)4)25(24(15-22)19(5)6)29(27,28)26-13-12-21(16-26)20-10-8-7-9-11-20/h7-11,14-15,17-19,21H,12-13,16H2,1-6H3/t21-/m1/s1. The molecule has 0 bridgehead atoms. The van der Waals surface area contributed by atoms with E-state index in [0.29, 0.717) is 23.9 Å². The van der Waals surface area contributed by atoms with Crippen LogP contribution in [0.3, 0.4) is 0 Å². The van der Waals surface area contributed by atoms with Gasteiger partial charge in [0.05, 0.1) is 4.90 Å². The second kappa shape index (κ2) is 8.61. The minimum atomic E-state index is -3.54. The summed E-state index contributed by atoms with van der Waals surface area (Å²) in [5.41, 5.74) is 4.37. The Bertz CT molecular complexity index is 917. The maximum Gasteiger partial charge on any atom is 0.243 e. The van der Waals surface area contributed by atoms with E-state index in [0.717, 1.165) is 17.5 Å². The van der Waals surface area contributed by atoms with Crippen molar-refractivity contribution in [2.45, 2.75) is 76.5 Å². The smallest absolute Gasteiger partial charge is 0.207 e. The average molecular weight is 414 g/mol. The normalized spacial score (nSPS) is 18.3. The summed E-state index contributed by atoms with van der Waals surface area (Å²) in [6.07, 6.45) is 0.876. The fraction of sp³-hybridized carbons (Fsp3) is 0.520. The van der Waals surface area contributed by atoms with Crippen LogP contribution in [0.1, 0.15) is 93.9 Å². The Hall–Kier alpha value is -1.65. The van der Waals surface area contributed by atoms with E-state index in [1.54, 1.807) is 4.31 Å². The molecular weight excluding hydrogens is 378 g/mol. The van der Waals surface area contributed by atoms with Gasteiger partial charge in [-0.25, -0.2) is 8.42 Å². The van der Waals surface area contributed by atoms with Crippen LogP contribution in [-0.2, 0) is 10.0 Å². The van der Waals surface area contributed by atoms with E-state index < -0.39 is 10.0 Å². The first kappa shape index (κ1) is 22.0. The van der Waals surface area contributed by atoms with Crippen molar-refractivity contribution in [1.82, 2.24) is 4.31 Å². The third-order valence-corrected chi connectivity index (χ3v) is 8.10. The molecule has 0 unspecified atom stereocenters. The zero-order valence-electron chi connectivity index (χ0n) is 18.6. The minimum absolute atomic E-state index is 0.156. The number of hydrogen-bond acceptors (Lipinski definition) is 2. The lowest BCUT2D eigenvalue weighted by Gasteiger charge is -2.26. The van der Waals surface area contributed by atoms with Gasteiger partial charge in [0.25, 0.3) is 0 Å². The van der Waals surface area contributed by atoms with Crippen LogP contribution in [0, 0.1) is 0 Å². The molecule has 4 heteroatoms. The Labute approximate surface area is 177 Å². The van der Waals surface area contributed by atoms with Crippen molar-refractivity contribution in [3.63, 3.8) is 0 Å². The molecule has 1 atom stereocenters. The molecule has 29 heavy (non-hydrogen) atoms. The first-order chi connectivity index (χ1) is 13.6. The third kappa shape index (κ3) is 4.44. The Morgan fingerprint density at radius 2 is 1.41 bits per heavy atom. The molecule has 0 saturated carbocycles. The predicted octanol–water partition coefficient (Wildman–Crippen LogP) is 6.24. The molecule has 1 aliphatic rings. The molecule has 0 radical (unpaired) electrons. The molecule has 0 aromatic heterocycles. The zero-order valence-corrected chi connectivity index (χ0v) is 19.5. The second-order valence-electron chi connectivity index (χ2n) is 9.25. The van der Waals surface area contributed by atoms with Gasteiger partial charge >= 0.3 is 0 Å². The molecule has 2 aromatic carbocycles. The largest absolute Gasteiger partial charge is 0.243 e. The fourth-order valence-corrected chi connectivity index (χ4v) is 6.43. The second-order valence-corrected chi connectivity index (χ2v) is 11.1. The summed E-state index contributed by atoms with van der Waals surface area (Å²) in [6.45, 7) is 13.9. The summed E-state index contributed by atoms with van der Waals surface area (Å²) in [5, 5.41) is 0. The van der Waals surface area contributed by atoms with E-state index >= 15 is 0 Å². The van der Waals surface area contributed by atoms with Crippen LogP contribution in [0.4, 0.5) is 0 Å². The van der Waals surface area contributed by atoms with Gasteiger partial charge < -0.3 is 0 Å². The Kier molecular flexibility index (Phi) is 6.54. The molecule has 3 rings (SSSR count). The summed E-state index contributed by atoms with van der Waals surface area (Å²) >= 11 is 0. The van der Waals surface area contributed by atoms with Crippen molar-refractivity contribution in [2.75, 3.05) is 13.1 Å². The Morgan fingerprint density at radius 1 is 0.862 bits per heavy atom. The van der Waals surface area contributed by atoms with Crippen LogP contribution in [0.2, 0.25) is 0 Å². The summed E-state index contributed by atoms with van der Waals surface area (Å²) in [7, 11) is -3.54. The molecule has 1 saturated heterocycles. The van der Waals surface area contributed by atoms with Crippen LogP contribution >= 0.6 is 0 Å². The maximum absolute atomic E-state index is 13.9. The van der Waals surface area contributed by atoms with E-state index in [1.807, 2.05) is 18.2 Å². The van der Waals surface area contributed by atoms with E-state index in [-0.39, 0.29) is 17.8 Å². The SMILES string of the molecule is CC(C)c1cc(C(C)C)c(S(=O)(=O)N2CC[C@@H](c3ccccc3)C2)c(C(C)C)c1. The molecule has 0 N–H and O–H groups in total. The van der Waals surface area contributed by atoms with E-state index in [4.69, 9.17) is 0 Å². The van der Waals surface area contributed by atoms with Gasteiger partial charge in [-0.15, -0.1) is 0 Å². The quantitative estimate of drug-likeness (QED) is 0.562. The molecule has 0 spiro atoms. The molecule has 1 heterocycles. The number of benzene rings is 2. The number of nitrogens with zero attached hydrogens (tertiary/aromatic N) is 1. The fourth-order valence-electron chi connectivity index (χ4n) is 4.26. The van der Waals surface area contributed by atoms with Gasteiger partial charge in [-0.05, 0) is 52.3 Å². The number of rotatable bonds is 6. The van der Waals surface area contributed by atoms with E-state index in [1.165, 1.54) is 11.1 Å². The van der Waals surface area contributed by atoms with Gasteiger partial charge in [-0.1, -0.05) is 84.0 Å². The van der Waals surface area contributed by atoms with E-state index in [9.17, 15) is 8.42 Å². The first-order valence-electron chi connectivity index (χ1n) is 10.9. The molecule has 158 valence electrons. The summed E-state index contributed by atoms with van der Waals surface area (Å²) in [6, 6.07) is 14.5. The van der Waals surface area contributed by atoms with Crippen molar-refractivity contribution >= 4 is 10.0 Å². The minimum Gasteiger partial charge on any atom is -0.207 e. The Balaban J connectivity index is 2.06. The van der Waals surface area contributed by atoms with Crippen molar-refractivity contribution in [2.24, 2.45) is 0 Å². The molecule has 0 amide bonds. The van der Waals surface area contributed by atoms with Gasteiger partial charge in [-0.2, -0.15) is 4.31 Å². The molecule has 3 nitrogen and oxygen atoms in total. The summed E-state index contributed by atoms with van der Waals surface area (Å²) in [5.74, 6) is 0.953. The highest BCUT2D eigenvalue weighted by molar-refractivity contribution is 7.89. The van der Waals surface area contributed by atoms with Crippen LogP contribution in [0.25, 0.3) is 0 Å². The molecule has 1 fully saturated rings. The van der Waals surface area contributed by atoms with Crippen molar-refractivity contribution in [3.05, 3.63) is 64.7 Å². The predicted molar refractivity (Wildman–Crippen MR) is 121 cm³/mol. The van der Waals surface area contributed by atoms with Gasteiger partial charge in [0.2, 0.25) is 10.0 Å². The lowest BCUT2D eigenvalue weighted by molar-refractivity contribution is 0.470. The van der Waals surface area contributed by atoms with Crippen molar-refractivity contribution in [3.8, 4) is 0 Å². The maximum atomic E-state index is 13.9. The average Bonchev–Trinajstić information content (AvgIpc) is 3.18. The first-order valence-corrected chi connectivity index (χ1v) is 12.3. The van der Waals surface area contributed by atoms with Gasteiger partial charge in [0.1, 0.15) is 0 Å². The van der Waals surface area contributed by atoms with Gasteiger partial charge in [0, 0.05) is 13.1 Å². The van der Waals surface area contributed by atoms with Crippen LogP contribution in [-0.4, -0.2) is 25.8 Å². The molecule has 0 aliphatic carbocycles. The lowest BCUT2D eigenvalue weighted by Crippen LogP contribution is -2.31. The number of hydrogen-bond donors (Lipinski definition) is 0. The number of sulfonamides is 1. The zero-order chi connectivity index (χ0) is 21.3. The van der Waals surface area contributed by atoms with E-state index in [2.05, 4.69) is 65.8 Å². The van der Waals surface area contributed by atoms with Crippen LogP contribution in [0.5, 0.6) is 0 Å². The van der Waals surface area contributed by atoms with Gasteiger partial charge in [-0.3, -0.25) is 0 Å². The van der Waals surface area contributed by atoms with Crippen LogP contribution in [0.15, 0.2) is 47.4 Å². The highest BCUT2D eigenvalue weighted by Gasteiger charge is 2.36. The van der Waals surface area contributed by atoms with Crippen molar-refractivity contribution < 1.29 is 8.42 Å². The summed E-state index contributed by atoms with van der Waals surface area (Å²) in [4.78, 5) is 0.556. The van der Waals surface area contributed by atoms with Crippen molar-refractivity contribution in [1.29, 1.82) is 0 Å². The lowest BCUT2D eigenvalue weighted by atomic mass is 9.89. The molecule has 1 aliphatic heterocycles. The summed E-state index contributed by atoms with van der Waals surface area (Å²) < 4.78 is 29.5. The monoisotopic (exact) mass is 413 g/mol. The Morgan fingerprint density at radius 3 is 1.90 bits per heavy atom. The van der Waals surface area contributed by atoms with Crippen LogP contribution < -0.4 is 0 Å². The van der Waals surface area contributed by atoms with Gasteiger partial charge in [0.15, 0.2) is 0 Å². The highest BCUT2D eigenvalue weighted by atomic mass is 32.2. The third-order valence-electron chi connectivity index (χ3n) is 6.10. The highest BCUT2D eigenvalue weighted by Crippen LogP contribution is 2.39. The molecular formula is C25H35NO2S.